The minimum absolute atomic E-state index is 0.0129. The third kappa shape index (κ3) is 4.03. The van der Waals surface area contributed by atoms with Crippen LogP contribution in [0.15, 0.2) is 36.5 Å². The molecule has 0 unspecified atom stereocenters. The van der Waals surface area contributed by atoms with Gasteiger partial charge in [0.15, 0.2) is 0 Å². The molecule has 1 amide bonds. The van der Waals surface area contributed by atoms with Gasteiger partial charge in [0.2, 0.25) is 5.13 Å². The van der Waals surface area contributed by atoms with Gasteiger partial charge in [0.25, 0.3) is 5.91 Å². The normalized spacial score (nSPS) is 10.9. The van der Waals surface area contributed by atoms with Crippen molar-refractivity contribution in [3.8, 4) is 10.6 Å². The van der Waals surface area contributed by atoms with Crippen LogP contribution in [0.25, 0.3) is 21.5 Å². The summed E-state index contributed by atoms with van der Waals surface area (Å²) in [7, 11) is 1.56. The van der Waals surface area contributed by atoms with Crippen molar-refractivity contribution in [1.82, 2.24) is 25.7 Å². The quantitative estimate of drug-likeness (QED) is 0.418. The summed E-state index contributed by atoms with van der Waals surface area (Å²) in [5, 5.41) is 23.6. The highest BCUT2D eigenvalue weighted by molar-refractivity contribution is 7.18. The molecule has 3 N–H and O–H groups in total. The van der Waals surface area contributed by atoms with E-state index in [-0.39, 0.29) is 18.1 Å². The highest BCUT2D eigenvalue weighted by Gasteiger charge is 2.14. The van der Waals surface area contributed by atoms with Crippen LogP contribution in [-0.2, 0) is 11.2 Å². The van der Waals surface area contributed by atoms with Crippen LogP contribution < -0.4 is 10.6 Å². The number of benzene rings is 2. The Labute approximate surface area is 180 Å². The number of aromatic amines is 1. The molecule has 4 aromatic rings. The van der Waals surface area contributed by atoms with Crippen molar-refractivity contribution < 1.29 is 9.59 Å². The number of rotatable bonds is 6. The fourth-order valence-corrected chi connectivity index (χ4v) is 4.07. The summed E-state index contributed by atoms with van der Waals surface area (Å²) in [6.07, 6.45) is 1.90. The minimum Gasteiger partial charge on any atom is -0.355 e. The van der Waals surface area contributed by atoms with E-state index in [1.165, 1.54) is 18.3 Å². The van der Waals surface area contributed by atoms with Crippen LogP contribution in [0, 0.1) is 0 Å². The lowest BCUT2D eigenvalue weighted by Gasteiger charge is -2.07. The molecule has 0 spiro atoms. The fraction of sp³-hybridized carbons (Fsp3) is 0.150. The summed E-state index contributed by atoms with van der Waals surface area (Å²) in [5.74, 6) is -0.219. The Morgan fingerprint density at radius 3 is 2.80 bits per heavy atom. The number of Topliss-reactive ketones (excluding diaryl/α,β-unsaturated/α-hetero) is 1. The second kappa shape index (κ2) is 8.21. The third-order valence-electron chi connectivity index (χ3n) is 4.41. The molecule has 2 aromatic heterocycles. The number of ketones is 1. The maximum Gasteiger partial charge on any atom is 0.251 e. The Hall–Kier alpha value is -3.30. The first-order valence-corrected chi connectivity index (χ1v) is 10.2. The molecular weight excluding hydrogens is 424 g/mol. The van der Waals surface area contributed by atoms with Crippen molar-refractivity contribution in [2.75, 3.05) is 12.4 Å². The van der Waals surface area contributed by atoms with E-state index in [0.717, 1.165) is 16.5 Å². The number of halogens is 1. The maximum atomic E-state index is 12.1. The van der Waals surface area contributed by atoms with E-state index < -0.39 is 0 Å². The van der Waals surface area contributed by atoms with Crippen LogP contribution in [0.5, 0.6) is 0 Å². The van der Waals surface area contributed by atoms with Gasteiger partial charge in [-0.1, -0.05) is 22.9 Å². The molecule has 0 saturated carbocycles. The van der Waals surface area contributed by atoms with Gasteiger partial charge in [0.05, 0.1) is 22.4 Å². The van der Waals surface area contributed by atoms with E-state index >= 15 is 0 Å². The van der Waals surface area contributed by atoms with Crippen molar-refractivity contribution in [2.45, 2.75) is 13.3 Å². The molecule has 152 valence electrons. The molecule has 2 aromatic carbocycles. The van der Waals surface area contributed by atoms with Crippen molar-refractivity contribution in [3.63, 3.8) is 0 Å². The molecule has 0 aliphatic heterocycles. The highest BCUT2D eigenvalue weighted by Crippen LogP contribution is 2.34. The Morgan fingerprint density at radius 2 is 2.03 bits per heavy atom. The number of carbonyl (C=O) groups excluding carboxylic acids is 2. The van der Waals surface area contributed by atoms with Crippen LogP contribution in [0.3, 0.4) is 0 Å². The Bertz CT molecular complexity index is 1270. The molecular formula is C20H17ClN6O2S. The van der Waals surface area contributed by atoms with E-state index in [1.54, 1.807) is 25.4 Å². The summed E-state index contributed by atoms with van der Waals surface area (Å²) >= 11 is 7.78. The predicted octanol–water partition coefficient (Wildman–Crippen LogP) is 3.97. The first-order chi connectivity index (χ1) is 14.4. The van der Waals surface area contributed by atoms with Crippen molar-refractivity contribution >= 4 is 56.4 Å². The molecule has 0 aliphatic carbocycles. The van der Waals surface area contributed by atoms with Gasteiger partial charge in [-0.05, 0) is 42.8 Å². The monoisotopic (exact) mass is 440 g/mol. The number of anilines is 2. The number of amides is 1. The number of aromatic nitrogens is 4. The van der Waals surface area contributed by atoms with Gasteiger partial charge < -0.3 is 10.6 Å². The summed E-state index contributed by atoms with van der Waals surface area (Å²) in [6.45, 7) is 1.51. The largest absolute Gasteiger partial charge is 0.355 e. The topological polar surface area (TPSA) is 113 Å². The Morgan fingerprint density at radius 1 is 1.20 bits per heavy atom. The van der Waals surface area contributed by atoms with E-state index in [2.05, 4.69) is 31.0 Å². The number of H-pyrrole nitrogens is 1. The molecule has 0 aliphatic rings. The van der Waals surface area contributed by atoms with E-state index in [0.29, 0.717) is 32.0 Å². The fourth-order valence-electron chi connectivity index (χ4n) is 3.07. The Kier molecular flexibility index (Phi) is 5.47. The molecule has 0 bridgehead atoms. The first kappa shape index (κ1) is 20.0. The predicted molar refractivity (Wildman–Crippen MR) is 118 cm³/mol. The van der Waals surface area contributed by atoms with Crippen LogP contribution in [0.1, 0.15) is 22.8 Å². The van der Waals surface area contributed by atoms with Crippen LogP contribution >= 0.6 is 22.9 Å². The van der Waals surface area contributed by atoms with Gasteiger partial charge in [-0.2, -0.15) is 5.10 Å². The van der Waals surface area contributed by atoms with Crippen molar-refractivity contribution in [3.05, 3.63) is 52.7 Å². The average molecular weight is 441 g/mol. The average Bonchev–Trinajstić information content (AvgIpc) is 3.38. The van der Waals surface area contributed by atoms with Crippen LogP contribution in [0.4, 0.5) is 10.8 Å². The van der Waals surface area contributed by atoms with Crippen molar-refractivity contribution in [1.29, 1.82) is 0 Å². The zero-order valence-electron chi connectivity index (χ0n) is 16.1. The lowest BCUT2D eigenvalue weighted by atomic mass is 10.0. The number of hydrogen-bond acceptors (Lipinski definition) is 7. The van der Waals surface area contributed by atoms with Gasteiger partial charge in [0, 0.05) is 30.0 Å². The summed E-state index contributed by atoms with van der Waals surface area (Å²) in [5.41, 5.74) is 3.45. The van der Waals surface area contributed by atoms with Gasteiger partial charge in [-0.25, -0.2) is 0 Å². The lowest BCUT2D eigenvalue weighted by molar-refractivity contribution is -0.116. The highest BCUT2D eigenvalue weighted by atomic mass is 35.5. The number of nitrogens with one attached hydrogen (secondary N) is 3. The van der Waals surface area contributed by atoms with E-state index in [4.69, 9.17) is 11.6 Å². The summed E-state index contributed by atoms with van der Waals surface area (Å²) in [4.78, 5) is 23.7. The zero-order valence-corrected chi connectivity index (χ0v) is 17.7. The number of fused-ring (bicyclic) bond motifs is 1. The number of carbonyl (C=O) groups is 2. The summed E-state index contributed by atoms with van der Waals surface area (Å²) in [6, 6.07) is 9.00. The molecule has 0 radical (unpaired) electrons. The molecule has 2 heterocycles. The molecule has 10 heteroatoms. The second-order valence-electron chi connectivity index (χ2n) is 6.67. The number of hydrogen-bond donors (Lipinski definition) is 3. The zero-order chi connectivity index (χ0) is 21.3. The molecule has 0 fully saturated rings. The second-order valence-corrected chi connectivity index (χ2v) is 8.03. The molecule has 0 saturated heterocycles. The maximum absolute atomic E-state index is 12.1. The van der Waals surface area contributed by atoms with Gasteiger partial charge in [0.1, 0.15) is 10.8 Å². The standard InChI is InChI=1S/C20H17ClN6O2S/c1-10(28)5-11-6-12(18(29)22-2)8-13(7-11)19-26-27-20(30-19)24-16-4-3-15-14(17(16)21)9-23-25-15/h3-4,6-9H,5H2,1-2H3,(H,22,29)(H,23,25)(H,24,27). The third-order valence-corrected chi connectivity index (χ3v) is 5.70. The van der Waals surface area contributed by atoms with Crippen molar-refractivity contribution in [2.24, 2.45) is 0 Å². The van der Waals surface area contributed by atoms with Crippen LogP contribution in [0.2, 0.25) is 5.02 Å². The van der Waals surface area contributed by atoms with E-state index in [1.807, 2.05) is 18.2 Å². The van der Waals surface area contributed by atoms with E-state index in [9.17, 15) is 9.59 Å². The minimum atomic E-state index is -0.232. The molecule has 30 heavy (non-hydrogen) atoms. The van der Waals surface area contributed by atoms with Gasteiger partial charge >= 0.3 is 0 Å². The molecule has 8 nitrogen and oxygen atoms in total. The smallest absolute Gasteiger partial charge is 0.251 e. The molecule has 0 atom stereocenters. The SMILES string of the molecule is CNC(=O)c1cc(CC(C)=O)cc(-c2nnc(Nc3ccc4[nH]ncc4c3Cl)s2)c1. The first-order valence-electron chi connectivity index (χ1n) is 9.02. The Balaban J connectivity index is 1.66. The summed E-state index contributed by atoms with van der Waals surface area (Å²) < 4.78 is 0. The lowest BCUT2D eigenvalue weighted by Crippen LogP contribution is -2.18. The number of nitrogens with zero attached hydrogens (tertiary/aromatic N) is 3. The van der Waals surface area contributed by atoms with Gasteiger partial charge in [-0.3, -0.25) is 14.7 Å². The molecule has 4 rings (SSSR count). The van der Waals surface area contributed by atoms with Crippen LogP contribution in [-0.4, -0.2) is 39.1 Å². The van der Waals surface area contributed by atoms with Gasteiger partial charge in [-0.15, -0.1) is 10.2 Å².